The molecule has 11 heavy (non-hydrogen) atoms. The lowest BCUT2D eigenvalue weighted by molar-refractivity contribution is 0.867. The van der Waals surface area contributed by atoms with Crippen molar-refractivity contribution < 1.29 is 0 Å². The van der Waals surface area contributed by atoms with Crippen LogP contribution < -0.4 is 5.32 Å². The van der Waals surface area contributed by atoms with Crippen LogP contribution in [-0.2, 0) is 0 Å². The lowest BCUT2D eigenvalue weighted by Crippen LogP contribution is -2.07. The molecule has 2 rings (SSSR count). The van der Waals surface area contributed by atoms with E-state index in [4.69, 9.17) is 0 Å². The molecule has 0 saturated carbocycles. The molecule has 1 aromatic heterocycles. The Hall–Kier alpha value is -1.32. The number of fused-ring (bicyclic) bond motifs is 1. The van der Waals surface area contributed by atoms with Crippen molar-refractivity contribution in [2.45, 2.75) is 6.42 Å². The van der Waals surface area contributed by atoms with Crippen LogP contribution >= 0.6 is 0 Å². The van der Waals surface area contributed by atoms with Crippen LogP contribution in [0.3, 0.4) is 0 Å². The first-order valence-electron chi connectivity index (χ1n) is 3.74. The van der Waals surface area contributed by atoms with Crippen molar-refractivity contribution in [3.63, 3.8) is 0 Å². The van der Waals surface area contributed by atoms with Gasteiger partial charge >= 0.3 is 0 Å². The number of aliphatic imine (C=N–C) groups is 1. The largest absolute Gasteiger partial charge is 0.368 e. The zero-order valence-corrected chi connectivity index (χ0v) is 6.17. The van der Waals surface area contributed by atoms with E-state index < -0.39 is 0 Å². The summed E-state index contributed by atoms with van der Waals surface area (Å²) in [5.74, 6) is 0.911. The van der Waals surface area contributed by atoms with Crippen LogP contribution in [0, 0.1) is 0 Å². The highest BCUT2D eigenvalue weighted by atomic mass is 15.2. The van der Waals surface area contributed by atoms with Gasteiger partial charge in [-0.25, -0.2) is 0 Å². The highest BCUT2D eigenvalue weighted by Gasteiger charge is 2.03. The first kappa shape index (κ1) is 6.39. The van der Waals surface area contributed by atoms with Crippen molar-refractivity contribution in [3.05, 3.63) is 11.8 Å². The highest BCUT2D eigenvalue weighted by Crippen LogP contribution is 2.09. The number of H-pyrrole nitrogens is 1. The Kier molecular flexibility index (Phi) is 1.59. The number of hydrogen-bond acceptors (Lipinski definition) is 3. The molecule has 0 fully saturated rings. The molecule has 0 spiro atoms. The Labute approximate surface area is 64.7 Å². The second-order valence-corrected chi connectivity index (χ2v) is 2.50. The van der Waals surface area contributed by atoms with Crippen LogP contribution in [-0.4, -0.2) is 29.5 Å². The molecule has 0 unspecified atom stereocenters. The average molecular weight is 150 g/mol. The molecule has 1 aliphatic heterocycles. The molecule has 0 aliphatic carbocycles. The molecule has 4 heteroatoms. The fourth-order valence-corrected chi connectivity index (χ4v) is 1.08. The molecular weight excluding hydrogens is 140 g/mol. The first-order valence-corrected chi connectivity index (χ1v) is 3.74. The van der Waals surface area contributed by atoms with Gasteiger partial charge in [-0.3, -0.25) is 10.1 Å². The number of rotatable bonds is 0. The van der Waals surface area contributed by atoms with Crippen molar-refractivity contribution in [3.8, 4) is 0 Å². The van der Waals surface area contributed by atoms with E-state index in [0.29, 0.717) is 0 Å². The maximum atomic E-state index is 4.22. The van der Waals surface area contributed by atoms with E-state index in [1.54, 1.807) is 0 Å². The molecule has 2 heterocycles. The van der Waals surface area contributed by atoms with Crippen molar-refractivity contribution >= 4 is 12.0 Å². The van der Waals surface area contributed by atoms with Crippen LogP contribution in [0.4, 0.5) is 5.82 Å². The molecule has 0 amide bonds. The summed E-state index contributed by atoms with van der Waals surface area (Å²) in [5, 5.41) is 10.0. The Bertz CT molecular complexity index is 263. The third-order valence-corrected chi connectivity index (χ3v) is 1.66. The minimum Gasteiger partial charge on any atom is -0.368 e. The molecular formula is C7H10N4. The van der Waals surface area contributed by atoms with Crippen LogP contribution in [0.1, 0.15) is 12.0 Å². The van der Waals surface area contributed by atoms with Gasteiger partial charge in [0.1, 0.15) is 0 Å². The number of aromatic amines is 1. The van der Waals surface area contributed by atoms with Gasteiger partial charge < -0.3 is 5.32 Å². The van der Waals surface area contributed by atoms with Gasteiger partial charge in [0.15, 0.2) is 5.82 Å². The fraction of sp³-hybridized carbons (Fsp3) is 0.429. The van der Waals surface area contributed by atoms with E-state index in [1.165, 1.54) is 0 Å². The van der Waals surface area contributed by atoms with Gasteiger partial charge in [-0.1, -0.05) is 0 Å². The summed E-state index contributed by atoms with van der Waals surface area (Å²) in [6.45, 7) is 1.85. The minimum absolute atomic E-state index is 0.900. The Morgan fingerprint density at radius 3 is 3.45 bits per heavy atom. The van der Waals surface area contributed by atoms with Crippen molar-refractivity contribution in [2.75, 3.05) is 18.4 Å². The molecule has 58 valence electrons. The Morgan fingerprint density at radius 2 is 2.45 bits per heavy atom. The van der Waals surface area contributed by atoms with E-state index in [-0.39, 0.29) is 0 Å². The zero-order chi connectivity index (χ0) is 7.52. The van der Waals surface area contributed by atoms with Gasteiger partial charge in [0.05, 0.1) is 5.56 Å². The quantitative estimate of drug-likeness (QED) is 0.570. The number of aromatic nitrogens is 2. The van der Waals surface area contributed by atoms with E-state index in [0.717, 1.165) is 30.9 Å². The average Bonchev–Trinajstić information content (AvgIpc) is 2.35. The summed E-state index contributed by atoms with van der Waals surface area (Å²) in [6.07, 6.45) is 4.77. The zero-order valence-electron chi connectivity index (χ0n) is 6.17. The molecule has 1 aliphatic rings. The van der Waals surface area contributed by atoms with Gasteiger partial charge in [-0.05, 0) is 6.42 Å². The summed E-state index contributed by atoms with van der Waals surface area (Å²) >= 11 is 0. The molecule has 0 atom stereocenters. The van der Waals surface area contributed by atoms with Gasteiger partial charge in [-0.15, -0.1) is 0 Å². The summed E-state index contributed by atoms with van der Waals surface area (Å²) in [4.78, 5) is 4.22. The second-order valence-electron chi connectivity index (χ2n) is 2.50. The summed E-state index contributed by atoms with van der Waals surface area (Å²) in [7, 11) is 0. The topological polar surface area (TPSA) is 53.1 Å². The molecule has 0 radical (unpaired) electrons. The van der Waals surface area contributed by atoms with E-state index in [1.807, 2.05) is 12.4 Å². The summed E-state index contributed by atoms with van der Waals surface area (Å²) < 4.78 is 0. The standard InChI is InChI=1S/C7H10N4/c1-2-8-4-6-5-10-11-7(6)9-3-1/h4-5H,1-3H2,(H2,9,10,11)/b8-4-. The molecule has 0 bridgehead atoms. The van der Waals surface area contributed by atoms with Gasteiger partial charge in [0.2, 0.25) is 0 Å². The highest BCUT2D eigenvalue weighted by molar-refractivity contribution is 5.86. The Balaban J connectivity index is 2.31. The van der Waals surface area contributed by atoms with Crippen LogP contribution in [0.25, 0.3) is 0 Å². The smallest absolute Gasteiger partial charge is 0.156 e. The van der Waals surface area contributed by atoms with Crippen LogP contribution in [0.15, 0.2) is 11.2 Å². The van der Waals surface area contributed by atoms with Crippen molar-refractivity contribution in [1.82, 2.24) is 10.2 Å². The third kappa shape index (κ3) is 1.24. The number of hydrogen-bond donors (Lipinski definition) is 2. The fourth-order valence-electron chi connectivity index (χ4n) is 1.08. The van der Waals surface area contributed by atoms with E-state index in [9.17, 15) is 0 Å². The molecule has 1 aromatic rings. The van der Waals surface area contributed by atoms with Crippen molar-refractivity contribution in [1.29, 1.82) is 0 Å². The predicted octanol–water partition coefficient (Wildman–Crippen LogP) is 0.644. The predicted molar refractivity (Wildman–Crippen MR) is 44.2 cm³/mol. The number of anilines is 1. The molecule has 0 saturated heterocycles. The maximum Gasteiger partial charge on any atom is 0.156 e. The van der Waals surface area contributed by atoms with Gasteiger partial charge in [-0.2, -0.15) is 5.10 Å². The van der Waals surface area contributed by atoms with E-state index >= 15 is 0 Å². The monoisotopic (exact) mass is 150 g/mol. The van der Waals surface area contributed by atoms with Gasteiger partial charge in [0.25, 0.3) is 0 Å². The molecule has 4 nitrogen and oxygen atoms in total. The maximum absolute atomic E-state index is 4.22. The first-order chi connectivity index (χ1) is 5.47. The SMILES string of the molecule is C1=N\CCCNc2n[nH]cc2/1. The summed E-state index contributed by atoms with van der Waals surface area (Å²) in [5.41, 5.74) is 1.05. The Morgan fingerprint density at radius 1 is 1.45 bits per heavy atom. The van der Waals surface area contributed by atoms with Crippen LogP contribution in [0.5, 0.6) is 0 Å². The van der Waals surface area contributed by atoms with Crippen molar-refractivity contribution in [2.24, 2.45) is 4.99 Å². The lowest BCUT2D eigenvalue weighted by atomic mass is 10.3. The molecule has 2 N–H and O–H groups in total. The van der Waals surface area contributed by atoms with E-state index in [2.05, 4.69) is 20.5 Å². The van der Waals surface area contributed by atoms with Crippen LogP contribution in [0.2, 0.25) is 0 Å². The number of nitrogens with one attached hydrogen (secondary N) is 2. The molecule has 0 aromatic carbocycles. The minimum atomic E-state index is 0.900. The third-order valence-electron chi connectivity index (χ3n) is 1.66. The number of nitrogens with zero attached hydrogens (tertiary/aromatic N) is 2. The normalized spacial score (nSPS) is 19.3. The lowest BCUT2D eigenvalue weighted by Gasteiger charge is -2.04. The van der Waals surface area contributed by atoms with Gasteiger partial charge in [0, 0.05) is 25.5 Å². The second kappa shape index (κ2) is 2.74. The summed E-state index contributed by atoms with van der Waals surface area (Å²) in [6, 6.07) is 0.